The fourth-order valence-electron chi connectivity index (χ4n) is 4.61. The standard InChI is InChI=1S/C29H23ClN4O3/c1-35-26-13-10-19(15-27(26)36-2)24-17-23(25-9-6-14-37-25)33-34(24)29-31-22-12-11-20(30)16-21(22)28(32-29)18-7-4-3-5-8-18/h3-16,24H,17H2,1-2H3. The summed E-state index contributed by atoms with van der Waals surface area (Å²) < 4.78 is 16.7. The molecule has 3 heterocycles. The van der Waals surface area contributed by atoms with Crippen molar-refractivity contribution in [3.63, 3.8) is 0 Å². The Balaban J connectivity index is 1.53. The lowest BCUT2D eigenvalue weighted by molar-refractivity contribution is 0.354. The fourth-order valence-corrected chi connectivity index (χ4v) is 4.79. The van der Waals surface area contributed by atoms with Crippen molar-refractivity contribution in [3.05, 3.63) is 101 Å². The van der Waals surface area contributed by atoms with Crippen LogP contribution in [0.5, 0.6) is 11.5 Å². The van der Waals surface area contributed by atoms with Gasteiger partial charge in [-0.05, 0) is 48.0 Å². The van der Waals surface area contributed by atoms with Crippen LogP contribution < -0.4 is 14.5 Å². The molecule has 7 nitrogen and oxygen atoms in total. The average Bonchev–Trinajstić information content (AvgIpc) is 3.63. The summed E-state index contributed by atoms with van der Waals surface area (Å²) in [5.74, 6) is 2.50. The fraction of sp³-hybridized carbons (Fsp3) is 0.138. The number of hydrogen-bond acceptors (Lipinski definition) is 7. The molecule has 0 bridgehead atoms. The van der Waals surface area contributed by atoms with Crippen LogP contribution in [0.3, 0.4) is 0 Å². The van der Waals surface area contributed by atoms with Crippen molar-refractivity contribution in [1.29, 1.82) is 0 Å². The van der Waals surface area contributed by atoms with E-state index in [0.717, 1.165) is 33.4 Å². The highest BCUT2D eigenvalue weighted by molar-refractivity contribution is 6.31. The van der Waals surface area contributed by atoms with E-state index in [-0.39, 0.29) is 6.04 Å². The van der Waals surface area contributed by atoms with Crippen LogP contribution in [0.4, 0.5) is 5.95 Å². The van der Waals surface area contributed by atoms with E-state index in [9.17, 15) is 0 Å². The molecule has 3 aromatic carbocycles. The summed E-state index contributed by atoms with van der Waals surface area (Å²) in [4.78, 5) is 9.94. The van der Waals surface area contributed by atoms with Gasteiger partial charge < -0.3 is 13.9 Å². The van der Waals surface area contributed by atoms with Crippen LogP contribution in [0, 0.1) is 0 Å². The maximum absolute atomic E-state index is 6.36. The van der Waals surface area contributed by atoms with Crippen molar-refractivity contribution in [3.8, 4) is 22.8 Å². The molecule has 1 aliphatic rings. The van der Waals surface area contributed by atoms with Crippen LogP contribution in [0.1, 0.15) is 23.8 Å². The van der Waals surface area contributed by atoms with Gasteiger partial charge in [-0.3, -0.25) is 0 Å². The van der Waals surface area contributed by atoms with E-state index in [2.05, 4.69) is 0 Å². The first-order valence-electron chi connectivity index (χ1n) is 11.8. The number of ether oxygens (including phenoxy) is 2. The van der Waals surface area contributed by atoms with E-state index in [4.69, 9.17) is 40.6 Å². The first kappa shape index (κ1) is 23.1. The number of aromatic nitrogens is 2. The average molecular weight is 511 g/mol. The predicted octanol–water partition coefficient (Wildman–Crippen LogP) is 6.92. The van der Waals surface area contributed by atoms with E-state index in [1.165, 1.54) is 0 Å². The van der Waals surface area contributed by atoms with Gasteiger partial charge in [0.15, 0.2) is 11.5 Å². The first-order valence-corrected chi connectivity index (χ1v) is 12.2. The predicted molar refractivity (Wildman–Crippen MR) is 145 cm³/mol. The zero-order valence-electron chi connectivity index (χ0n) is 20.3. The lowest BCUT2D eigenvalue weighted by Crippen LogP contribution is -2.21. The maximum Gasteiger partial charge on any atom is 0.247 e. The van der Waals surface area contributed by atoms with Gasteiger partial charge in [-0.1, -0.05) is 48.0 Å². The lowest BCUT2D eigenvalue weighted by Gasteiger charge is -2.23. The molecule has 1 aliphatic heterocycles. The molecule has 0 radical (unpaired) electrons. The van der Waals surface area contributed by atoms with Crippen LogP contribution in [-0.2, 0) is 0 Å². The molecule has 1 atom stereocenters. The Morgan fingerprint density at radius 3 is 2.49 bits per heavy atom. The van der Waals surface area contributed by atoms with Crippen molar-refractivity contribution >= 4 is 34.2 Å². The summed E-state index contributed by atoms with van der Waals surface area (Å²) in [7, 11) is 3.25. The largest absolute Gasteiger partial charge is 0.493 e. The van der Waals surface area contributed by atoms with Gasteiger partial charge in [0, 0.05) is 22.4 Å². The number of halogens is 1. The Kier molecular flexibility index (Phi) is 5.98. The molecule has 2 aromatic heterocycles. The SMILES string of the molecule is COc1ccc(C2CC(c3ccco3)=NN2c2nc(-c3ccccc3)c3cc(Cl)ccc3n2)cc1OC. The molecule has 6 rings (SSSR count). The smallest absolute Gasteiger partial charge is 0.247 e. The van der Waals surface area contributed by atoms with Crippen molar-refractivity contribution in [1.82, 2.24) is 9.97 Å². The highest BCUT2D eigenvalue weighted by Crippen LogP contribution is 2.40. The van der Waals surface area contributed by atoms with E-state index < -0.39 is 0 Å². The molecule has 0 saturated heterocycles. The molecular formula is C29H23ClN4O3. The van der Waals surface area contributed by atoms with Gasteiger partial charge >= 0.3 is 0 Å². The molecule has 0 amide bonds. The van der Waals surface area contributed by atoms with E-state index >= 15 is 0 Å². The van der Waals surface area contributed by atoms with E-state index in [1.807, 2.05) is 83.9 Å². The second kappa shape index (κ2) is 9.59. The summed E-state index contributed by atoms with van der Waals surface area (Å²) in [5.41, 5.74) is 4.34. The van der Waals surface area contributed by atoms with Crippen LogP contribution in [0.2, 0.25) is 5.02 Å². The highest BCUT2D eigenvalue weighted by atomic mass is 35.5. The molecule has 0 N–H and O–H groups in total. The van der Waals surface area contributed by atoms with Gasteiger partial charge in [0.2, 0.25) is 5.95 Å². The van der Waals surface area contributed by atoms with Crippen LogP contribution >= 0.6 is 11.6 Å². The van der Waals surface area contributed by atoms with Gasteiger partial charge in [-0.2, -0.15) is 5.10 Å². The normalized spacial score (nSPS) is 15.2. The van der Waals surface area contributed by atoms with Crippen molar-refractivity contribution in [2.24, 2.45) is 5.10 Å². The quantitative estimate of drug-likeness (QED) is 0.247. The number of furan rings is 1. The number of fused-ring (bicyclic) bond motifs is 1. The summed E-state index contributed by atoms with van der Waals surface area (Å²) in [6.45, 7) is 0. The van der Waals surface area contributed by atoms with Gasteiger partial charge in [-0.15, -0.1) is 0 Å². The molecule has 0 saturated carbocycles. The first-order chi connectivity index (χ1) is 18.1. The third-order valence-electron chi connectivity index (χ3n) is 6.41. The highest BCUT2D eigenvalue weighted by Gasteiger charge is 2.34. The molecule has 1 unspecified atom stereocenters. The zero-order chi connectivity index (χ0) is 25.4. The number of hydrogen-bond donors (Lipinski definition) is 0. The van der Waals surface area contributed by atoms with Gasteiger partial charge in [0.05, 0.1) is 37.7 Å². The summed E-state index contributed by atoms with van der Waals surface area (Å²) in [5, 5.41) is 8.31. The lowest BCUT2D eigenvalue weighted by atomic mass is 10.0. The Morgan fingerprint density at radius 2 is 1.73 bits per heavy atom. The van der Waals surface area contributed by atoms with Gasteiger partial charge in [0.25, 0.3) is 0 Å². The molecule has 0 aliphatic carbocycles. The topological polar surface area (TPSA) is 73.0 Å². The summed E-state index contributed by atoms with van der Waals surface area (Å²) >= 11 is 6.36. The monoisotopic (exact) mass is 510 g/mol. The Hall–Kier alpha value is -4.36. The Labute approximate surface area is 218 Å². The van der Waals surface area contributed by atoms with E-state index in [1.54, 1.807) is 20.5 Å². The minimum absolute atomic E-state index is 0.187. The van der Waals surface area contributed by atoms with Crippen molar-refractivity contribution < 1.29 is 13.9 Å². The van der Waals surface area contributed by atoms with Crippen LogP contribution in [0.15, 0.2) is 94.6 Å². The number of hydrazone groups is 1. The third-order valence-corrected chi connectivity index (χ3v) is 6.64. The minimum Gasteiger partial charge on any atom is -0.493 e. The Morgan fingerprint density at radius 1 is 0.892 bits per heavy atom. The number of rotatable bonds is 6. The molecule has 5 aromatic rings. The molecule has 0 fully saturated rings. The molecular weight excluding hydrogens is 488 g/mol. The molecule has 184 valence electrons. The number of anilines is 1. The second-order valence-corrected chi connectivity index (χ2v) is 9.04. The van der Waals surface area contributed by atoms with Gasteiger partial charge in [-0.25, -0.2) is 15.0 Å². The molecule has 0 spiro atoms. The van der Waals surface area contributed by atoms with Crippen LogP contribution in [0.25, 0.3) is 22.2 Å². The number of methoxy groups -OCH3 is 2. The van der Waals surface area contributed by atoms with E-state index in [0.29, 0.717) is 34.7 Å². The molecule has 37 heavy (non-hydrogen) atoms. The summed E-state index contributed by atoms with van der Waals surface area (Å²) in [6.07, 6.45) is 2.25. The molecule has 8 heteroatoms. The number of benzene rings is 3. The number of nitrogens with zero attached hydrogens (tertiary/aromatic N) is 4. The van der Waals surface area contributed by atoms with Crippen molar-refractivity contribution in [2.45, 2.75) is 12.5 Å². The Bertz CT molecular complexity index is 1600. The summed E-state index contributed by atoms with van der Waals surface area (Å²) in [6, 6.07) is 25.1. The second-order valence-electron chi connectivity index (χ2n) is 8.60. The van der Waals surface area contributed by atoms with Crippen LogP contribution in [-0.4, -0.2) is 29.9 Å². The van der Waals surface area contributed by atoms with Gasteiger partial charge in [0.1, 0.15) is 11.5 Å². The zero-order valence-corrected chi connectivity index (χ0v) is 21.0. The third kappa shape index (κ3) is 4.27. The minimum atomic E-state index is -0.187. The van der Waals surface area contributed by atoms with Crippen molar-refractivity contribution in [2.75, 3.05) is 19.2 Å². The maximum atomic E-state index is 6.36.